The van der Waals surface area contributed by atoms with Crippen LogP contribution in [-0.4, -0.2) is 102 Å². The predicted octanol–water partition coefficient (Wildman–Crippen LogP) is 3.91. The number of piperidine rings is 1. The number of alkyl carbamates (subject to hydrolysis) is 1. The molecule has 1 saturated carbocycles. The molecule has 4 aliphatic heterocycles. The number of nitrogens with zero attached hydrogens (tertiary/aromatic N) is 3. The summed E-state index contributed by atoms with van der Waals surface area (Å²) in [4.78, 5) is 72.6. The van der Waals surface area contributed by atoms with Crippen LogP contribution in [0.5, 0.6) is 0 Å². The van der Waals surface area contributed by atoms with Crippen molar-refractivity contribution in [3.05, 3.63) is 47.5 Å². The molecule has 1 aliphatic carbocycles. The SMILES string of the molecule is C=C[C@@H]1C[C@]1(NC(=O)[C@@H]1C[C@@H]2CN1C(=O)[C@H](C(C)(C)C)NC(=O)OCC(C)(C)CCCCc1cccc3c1CN(C3)C(=O)O2)C(=O)NS(=O)(=O)N1CCCCC1. The minimum atomic E-state index is -4.17. The second kappa shape index (κ2) is 16.0. The third-order valence-corrected chi connectivity index (χ3v) is 13.4. The summed E-state index contributed by atoms with van der Waals surface area (Å²) in [5.41, 5.74) is 0.523. The van der Waals surface area contributed by atoms with Crippen molar-refractivity contribution < 1.29 is 41.9 Å². The lowest BCUT2D eigenvalue weighted by Crippen LogP contribution is -2.60. The van der Waals surface area contributed by atoms with E-state index in [1.807, 2.05) is 26.0 Å². The van der Waals surface area contributed by atoms with Crippen LogP contribution in [0.3, 0.4) is 0 Å². The van der Waals surface area contributed by atoms with Gasteiger partial charge in [0.15, 0.2) is 0 Å². The van der Waals surface area contributed by atoms with E-state index < -0.39 is 75.2 Å². The number of hydrogen-bond acceptors (Lipinski definition) is 9. The highest BCUT2D eigenvalue weighted by Gasteiger charge is 2.62. The fraction of sp³-hybridized carbons (Fsp3) is 0.675. The number of fused-ring (bicyclic) bond motifs is 3. The Labute approximate surface area is 330 Å². The Morgan fingerprint density at radius 3 is 2.41 bits per heavy atom. The van der Waals surface area contributed by atoms with Gasteiger partial charge in [-0.25, -0.2) is 14.3 Å². The number of rotatable bonds is 6. The Morgan fingerprint density at radius 2 is 1.73 bits per heavy atom. The summed E-state index contributed by atoms with van der Waals surface area (Å²) < 4.78 is 41.5. The molecule has 3 N–H and O–H groups in total. The normalized spacial score (nSPS) is 29.1. The second-order valence-electron chi connectivity index (χ2n) is 18.0. The Morgan fingerprint density at radius 1 is 1.02 bits per heavy atom. The molecule has 16 heteroatoms. The maximum Gasteiger partial charge on any atom is 0.410 e. The standard InChI is InChI=1S/C40H58N6O9S/c1-7-28-21-40(28,35(49)43-56(52,53)45-18-11-8-12-19-45)42-33(47)31-20-29-23-46(31)34(48)32(38(2,3)4)41-36(50)54-25-39(5,6)17-10-9-14-26-15-13-16-27-22-44(24-30(26)27)37(51)55-29/h7,13,15-16,28-29,31-32H,1,8-12,14,17-25H2,2-6H3,(H,41,50)(H,42,47)(H,43,49)/t28-,29-,31+,32-,40-/m1/s1. The number of carbonyl (C=O) groups excluding carboxylic acids is 5. The summed E-state index contributed by atoms with van der Waals surface area (Å²) in [6.45, 7) is 14.5. The fourth-order valence-electron chi connectivity index (χ4n) is 8.39. The van der Waals surface area contributed by atoms with E-state index in [1.54, 1.807) is 25.7 Å². The van der Waals surface area contributed by atoms with Crippen LogP contribution in [0.4, 0.5) is 9.59 Å². The van der Waals surface area contributed by atoms with Gasteiger partial charge >= 0.3 is 22.4 Å². The van der Waals surface area contributed by atoms with E-state index in [9.17, 15) is 32.4 Å². The van der Waals surface area contributed by atoms with Gasteiger partial charge < -0.3 is 25.0 Å². The van der Waals surface area contributed by atoms with Crippen LogP contribution in [0.25, 0.3) is 0 Å². The van der Waals surface area contributed by atoms with Crippen molar-refractivity contribution in [2.24, 2.45) is 16.7 Å². The monoisotopic (exact) mass is 798 g/mol. The maximum atomic E-state index is 14.6. The summed E-state index contributed by atoms with van der Waals surface area (Å²) in [5.74, 6) is -2.78. The first kappa shape index (κ1) is 41.5. The van der Waals surface area contributed by atoms with Gasteiger partial charge in [-0.1, -0.05) is 71.7 Å². The quantitative estimate of drug-likeness (QED) is 0.360. The van der Waals surface area contributed by atoms with Crippen molar-refractivity contribution in [1.29, 1.82) is 0 Å². The first-order valence-electron chi connectivity index (χ1n) is 19.9. The molecule has 308 valence electrons. The van der Waals surface area contributed by atoms with Crippen LogP contribution in [0.15, 0.2) is 30.9 Å². The molecular formula is C40H58N6O9S. The molecular weight excluding hydrogens is 741 g/mol. The third kappa shape index (κ3) is 9.01. The Hall–Kier alpha value is -4.18. The molecule has 1 aromatic carbocycles. The van der Waals surface area contributed by atoms with E-state index >= 15 is 0 Å². The predicted molar refractivity (Wildman–Crippen MR) is 207 cm³/mol. The van der Waals surface area contributed by atoms with E-state index in [0.717, 1.165) is 43.2 Å². The average Bonchev–Trinajstić information content (AvgIpc) is 3.44. The number of aryl methyl sites for hydroxylation is 1. The fourth-order valence-corrected chi connectivity index (χ4v) is 9.67. The molecule has 5 aliphatic rings. The zero-order valence-corrected chi connectivity index (χ0v) is 34.2. The van der Waals surface area contributed by atoms with Gasteiger partial charge in [-0.15, -0.1) is 6.58 Å². The van der Waals surface area contributed by atoms with E-state index in [4.69, 9.17) is 9.47 Å². The summed E-state index contributed by atoms with van der Waals surface area (Å²) >= 11 is 0. The first-order chi connectivity index (χ1) is 26.3. The van der Waals surface area contributed by atoms with E-state index in [0.29, 0.717) is 25.9 Å². The van der Waals surface area contributed by atoms with Crippen LogP contribution >= 0.6 is 0 Å². The average molecular weight is 799 g/mol. The smallest absolute Gasteiger partial charge is 0.410 e. The van der Waals surface area contributed by atoms with E-state index in [2.05, 4.69) is 28.0 Å². The summed E-state index contributed by atoms with van der Waals surface area (Å²) in [7, 11) is -4.17. The van der Waals surface area contributed by atoms with Gasteiger partial charge in [-0.05, 0) is 66.0 Å². The minimum Gasteiger partial charge on any atom is -0.449 e. The number of benzene rings is 1. The zero-order chi connectivity index (χ0) is 40.6. The van der Waals surface area contributed by atoms with Crippen molar-refractivity contribution >= 4 is 40.1 Å². The highest BCUT2D eigenvalue weighted by Crippen LogP contribution is 2.45. The topological polar surface area (TPSA) is 184 Å². The van der Waals surface area contributed by atoms with Crippen LogP contribution in [0.1, 0.15) is 103 Å². The van der Waals surface area contributed by atoms with Crippen LogP contribution in [0.2, 0.25) is 0 Å². The Kier molecular flexibility index (Phi) is 11.8. The number of nitrogens with one attached hydrogen (secondary N) is 3. The molecule has 56 heavy (non-hydrogen) atoms. The largest absolute Gasteiger partial charge is 0.449 e. The van der Waals surface area contributed by atoms with Gasteiger partial charge in [-0.3, -0.25) is 19.3 Å². The zero-order valence-electron chi connectivity index (χ0n) is 33.4. The molecule has 2 saturated heterocycles. The number of carbonyl (C=O) groups is 5. The molecule has 0 unspecified atom stereocenters. The Balaban J connectivity index is 1.27. The molecule has 0 aromatic heterocycles. The van der Waals surface area contributed by atoms with Crippen LogP contribution in [0, 0.1) is 16.7 Å². The van der Waals surface area contributed by atoms with Crippen LogP contribution < -0.4 is 15.4 Å². The minimum absolute atomic E-state index is 0.0899. The molecule has 3 fully saturated rings. The summed E-state index contributed by atoms with van der Waals surface area (Å²) in [5, 5.41) is 5.53. The molecule has 0 radical (unpaired) electrons. The number of amides is 5. The van der Waals surface area contributed by atoms with Crippen molar-refractivity contribution in [1.82, 2.24) is 29.5 Å². The summed E-state index contributed by atoms with van der Waals surface area (Å²) in [6.07, 6.45) is 4.96. The molecule has 1 aromatic rings. The van der Waals surface area contributed by atoms with Gasteiger partial charge in [-0.2, -0.15) is 12.7 Å². The summed E-state index contributed by atoms with van der Waals surface area (Å²) in [6, 6.07) is 3.71. The highest BCUT2D eigenvalue weighted by atomic mass is 32.2. The first-order valence-corrected chi connectivity index (χ1v) is 21.3. The third-order valence-electron chi connectivity index (χ3n) is 11.9. The van der Waals surface area contributed by atoms with Crippen LogP contribution in [-0.2, 0) is 53.6 Å². The van der Waals surface area contributed by atoms with Crippen molar-refractivity contribution in [2.75, 3.05) is 26.2 Å². The molecule has 5 atom stereocenters. The number of ether oxygens (including phenoxy) is 2. The van der Waals surface area contributed by atoms with Crippen molar-refractivity contribution in [3.63, 3.8) is 0 Å². The molecule has 5 amide bonds. The maximum absolute atomic E-state index is 14.6. The lowest BCUT2D eigenvalue weighted by molar-refractivity contribution is -0.143. The molecule has 6 rings (SSSR count). The second-order valence-corrected chi connectivity index (χ2v) is 19.6. The van der Waals surface area contributed by atoms with Gasteiger partial charge in [0, 0.05) is 38.5 Å². The van der Waals surface area contributed by atoms with Crippen molar-refractivity contribution in [2.45, 2.75) is 129 Å². The van der Waals surface area contributed by atoms with Crippen molar-refractivity contribution in [3.8, 4) is 0 Å². The molecule has 4 heterocycles. The van der Waals surface area contributed by atoms with Gasteiger partial charge in [0.05, 0.1) is 13.2 Å². The van der Waals surface area contributed by atoms with E-state index in [1.165, 1.54) is 20.8 Å². The highest BCUT2D eigenvalue weighted by molar-refractivity contribution is 7.87. The number of hydrogen-bond donors (Lipinski definition) is 3. The van der Waals surface area contributed by atoms with Gasteiger partial charge in [0.25, 0.3) is 5.91 Å². The molecule has 4 bridgehead atoms. The lowest BCUT2D eigenvalue weighted by Gasteiger charge is -2.35. The van der Waals surface area contributed by atoms with E-state index in [-0.39, 0.29) is 44.5 Å². The van der Waals surface area contributed by atoms with Gasteiger partial charge in [0.1, 0.15) is 23.7 Å². The Bertz CT molecular complexity index is 1840. The lowest BCUT2D eigenvalue weighted by atomic mass is 9.85. The number of cyclic esters (lactones) is 1. The van der Waals surface area contributed by atoms with Gasteiger partial charge in [0.2, 0.25) is 11.8 Å². The molecule has 0 spiro atoms. The molecule has 15 nitrogen and oxygen atoms in total.